The van der Waals surface area contributed by atoms with Crippen LogP contribution in [0, 0.1) is 12.3 Å². The first-order chi connectivity index (χ1) is 9.47. The Bertz CT molecular complexity index is 681. The highest BCUT2D eigenvalue weighted by molar-refractivity contribution is 6.43. The molecule has 0 radical (unpaired) electrons. The van der Waals surface area contributed by atoms with Gasteiger partial charge in [0, 0.05) is 11.5 Å². The van der Waals surface area contributed by atoms with E-state index >= 15 is 0 Å². The summed E-state index contributed by atoms with van der Waals surface area (Å²) < 4.78 is 1.83. The third-order valence-electron chi connectivity index (χ3n) is 3.01. The van der Waals surface area contributed by atoms with Crippen molar-refractivity contribution in [2.75, 3.05) is 5.73 Å². The zero-order valence-electron chi connectivity index (χ0n) is 11.3. The van der Waals surface area contributed by atoms with Gasteiger partial charge < -0.3 is 10.3 Å². The van der Waals surface area contributed by atoms with E-state index in [-0.39, 0.29) is 5.92 Å². The molecule has 2 rings (SSSR count). The monoisotopic (exact) mass is 307 g/mol. The number of nitrogens with two attached hydrogens (primary N) is 1. The van der Waals surface area contributed by atoms with Crippen LogP contribution in [0.2, 0.25) is 10.0 Å². The number of terminal acetylenes is 1. The topological polar surface area (TPSA) is 43.8 Å². The standard InChI is InChI=1S/C15H15Cl2N3/c1-4-8-20-14(18)13(19-15(20)9(2)3)10-6-5-7-11(16)12(10)17/h1,5-7,9H,8,18H2,2-3H3. The summed E-state index contributed by atoms with van der Waals surface area (Å²) >= 11 is 12.3. The smallest absolute Gasteiger partial charge is 0.132 e. The Kier molecular flexibility index (Phi) is 4.27. The summed E-state index contributed by atoms with van der Waals surface area (Å²) in [6, 6.07) is 5.39. The second kappa shape index (κ2) is 5.78. The molecule has 0 saturated heterocycles. The van der Waals surface area contributed by atoms with Gasteiger partial charge in [-0.05, 0) is 6.07 Å². The van der Waals surface area contributed by atoms with E-state index in [4.69, 9.17) is 35.4 Å². The first-order valence-electron chi connectivity index (χ1n) is 6.21. The fraction of sp³-hybridized carbons (Fsp3) is 0.267. The molecule has 2 N–H and O–H groups in total. The maximum atomic E-state index is 6.24. The third kappa shape index (κ3) is 2.49. The molecular weight excluding hydrogens is 293 g/mol. The van der Waals surface area contributed by atoms with Crippen molar-refractivity contribution in [1.82, 2.24) is 9.55 Å². The Balaban J connectivity index is 2.67. The minimum absolute atomic E-state index is 0.206. The van der Waals surface area contributed by atoms with Gasteiger partial charge in [-0.15, -0.1) is 6.42 Å². The molecule has 0 saturated carbocycles. The molecule has 0 unspecified atom stereocenters. The molecule has 0 aliphatic heterocycles. The van der Waals surface area contributed by atoms with Gasteiger partial charge in [0.2, 0.25) is 0 Å². The number of imidazole rings is 1. The van der Waals surface area contributed by atoms with Gasteiger partial charge in [-0.1, -0.05) is 55.1 Å². The first-order valence-corrected chi connectivity index (χ1v) is 6.96. The predicted octanol–water partition coefficient (Wildman–Crippen LogP) is 4.20. The van der Waals surface area contributed by atoms with Crippen molar-refractivity contribution in [3.8, 4) is 23.6 Å². The number of hydrogen-bond donors (Lipinski definition) is 1. The molecule has 0 spiro atoms. The van der Waals surface area contributed by atoms with Gasteiger partial charge in [-0.3, -0.25) is 0 Å². The van der Waals surface area contributed by atoms with Crippen molar-refractivity contribution in [1.29, 1.82) is 0 Å². The Morgan fingerprint density at radius 2 is 2.10 bits per heavy atom. The zero-order chi connectivity index (χ0) is 14.9. The highest BCUT2D eigenvalue weighted by Crippen LogP contribution is 2.37. The number of halogens is 2. The van der Waals surface area contributed by atoms with Crippen molar-refractivity contribution in [2.45, 2.75) is 26.3 Å². The molecule has 20 heavy (non-hydrogen) atoms. The second-order valence-electron chi connectivity index (χ2n) is 4.75. The third-order valence-corrected chi connectivity index (χ3v) is 3.83. The summed E-state index contributed by atoms with van der Waals surface area (Å²) in [5, 5.41) is 0.919. The van der Waals surface area contributed by atoms with Crippen molar-refractivity contribution in [3.63, 3.8) is 0 Å². The Labute approximate surface area is 128 Å². The zero-order valence-corrected chi connectivity index (χ0v) is 12.8. The van der Waals surface area contributed by atoms with Gasteiger partial charge in [0.1, 0.15) is 17.3 Å². The molecule has 104 valence electrons. The largest absolute Gasteiger partial charge is 0.383 e. The van der Waals surface area contributed by atoms with E-state index in [1.165, 1.54) is 0 Å². The van der Waals surface area contributed by atoms with Crippen molar-refractivity contribution in [2.24, 2.45) is 0 Å². The van der Waals surface area contributed by atoms with Crippen LogP contribution in [0.1, 0.15) is 25.6 Å². The summed E-state index contributed by atoms with van der Waals surface area (Å²) in [6.45, 7) is 4.46. The molecule has 0 atom stereocenters. The fourth-order valence-electron chi connectivity index (χ4n) is 2.07. The van der Waals surface area contributed by atoms with Crippen LogP contribution in [0.4, 0.5) is 5.82 Å². The maximum absolute atomic E-state index is 6.24. The lowest BCUT2D eigenvalue weighted by Gasteiger charge is -2.08. The van der Waals surface area contributed by atoms with Crippen LogP contribution in [0.25, 0.3) is 11.3 Å². The average molecular weight is 308 g/mol. The van der Waals surface area contributed by atoms with Gasteiger partial charge in [0.05, 0.1) is 16.6 Å². The summed E-state index contributed by atoms with van der Waals surface area (Å²) in [5.74, 6) is 4.15. The van der Waals surface area contributed by atoms with Crippen molar-refractivity contribution >= 4 is 29.0 Å². The molecular formula is C15H15Cl2N3. The van der Waals surface area contributed by atoms with Gasteiger partial charge in [0.25, 0.3) is 0 Å². The first kappa shape index (κ1) is 14.8. The Morgan fingerprint density at radius 3 is 2.70 bits per heavy atom. The summed E-state index contributed by atoms with van der Waals surface area (Å²) in [7, 11) is 0. The quantitative estimate of drug-likeness (QED) is 0.864. The van der Waals surface area contributed by atoms with Gasteiger partial charge >= 0.3 is 0 Å². The number of nitrogen functional groups attached to an aromatic ring is 1. The molecule has 1 aromatic heterocycles. The van der Waals surface area contributed by atoms with E-state index in [2.05, 4.69) is 10.9 Å². The molecule has 0 bridgehead atoms. The lowest BCUT2D eigenvalue weighted by atomic mass is 10.1. The normalized spacial score (nSPS) is 10.8. The van der Waals surface area contributed by atoms with Gasteiger partial charge in [0.15, 0.2) is 0 Å². The minimum atomic E-state index is 0.206. The second-order valence-corrected chi connectivity index (χ2v) is 5.54. The van der Waals surface area contributed by atoms with Crippen LogP contribution in [0.3, 0.4) is 0 Å². The molecule has 5 heteroatoms. The Morgan fingerprint density at radius 1 is 1.40 bits per heavy atom. The highest BCUT2D eigenvalue weighted by Gasteiger charge is 2.20. The van der Waals surface area contributed by atoms with E-state index in [9.17, 15) is 0 Å². The predicted molar refractivity (Wildman–Crippen MR) is 85.0 cm³/mol. The van der Waals surface area contributed by atoms with Crippen molar-refractivity contribution < 1.29 is 0 Å². The van der Waals surface area contributed by atoms with Crippen LogP contribution in [0.5, 0.6) is 0 Å². The SMILES string of the molecule is C#CCn1c(C(C)C)nc(-c2cccc(Cl)c2Cl)c1N. The highest BCUT2D eigenvalue weighted by atomic mass is 35.5. The maximum Gasteiger partial charge on any atom is 0.132 e. The lowest BCUT2D eigenvalue weighted by Crippen LogP contribution is -2.07. The number of aromatic nitrogens is 2. The summed E-state index contributed by atoms with van der Waals surface area (Å²) in [4.78, 5) is 4.60. The van der Waals surface area contributed by atoms with Gasteiger partial charge in [-0.25, -0.2) is 4.98 Å². The number of nitrogens with zero attached hydrogens (tertiary/aromatic N) is 2. The molecule has 0 fully saturated rings. The summed E-state index contributed by atoms with van der Waals surface area (Å²) in [5.41, 5.74) is 7.52. The number of anilines is 1. The van der Waals surface area contributed by atoms with Crippen LogP contribution >= 0.6 is 23.2 Å². The van der Waals surface area contributed by atoms with E-state index in [1.54, 1.807) is 6.07 Å². The molecule has 0 aliphatic rings. The van der Waals surface area contributed by atoms with Crippen LogP contribution in [-0.4, -0.2) is 9.55 Å². The van der Waals surface area contributed by atoms with Crippen LogP contribution in [-0.2, 0) is 6.54 Å². The summed E-state index contributed by atoms with van der Waals surface area (Å²) in [6.07, 6.45) is 5.40. The van der Waals surface area contributed by atoms with E-state index in [1.807, 2.05) is 30.5 Å². The molecule has 1 heterocycles. The van der Waals surface area contributed by atoms with Crippen molar-refractivity contribution in [3.05, 3.63) is 34.1 Å². The molecule has 0 amide bonds. The van der Waals surface area contributed by atoms with Gasteiger partial charge in [-0.2, -0.15) is 0 Å². The Hall–Kier alpha value is -1.63. The molecule has 2 aromatic rings. The molecule has 0 aliphatic carbocycles. The van der Waals surface area contributed by atoms with E-state index in [0.717, 1.165) is 5.82 Å². The fourth-order valence-corrected chi connectivity index (χ4v) is 2.46. The number of rotatable bonds is 3. The number of benzene rings is 1. The minimum Gasteiger partial charge on any atom is -0.383 e. The van der Waals surface area contributed by atoms with Crippen LogP contribution < -0.4 is 5.73 Å². The van der Waals surface area contributed by atoms with E-state index < -0.39 is 0 Å². The average Bonchev–Trinajstić information content (AvgIpc) is 2.72. The van der Waals surface area contributed by atoms with E-state index in [0.29, 0.717) is 33.7 Å². The van der Waals surface area contributed by atoms with Crippen LogP contribution in [0.15, 0.2) is 18.2 Å². The lowest BCUT2D eigenvalue weighted by molar-refractivity contribution is 0.691. The molecule has 3 nitrogen and oxygen atoms in total. The molecule has 1 aromatic carbocycles. The number of hydrogen-bond acceptors (Lipinski definition) is 2.